The Kier molecular flexibility index (Phi) is 5.94. The molecule has 0 aliphatic carbocycles. The highest BCUT2D eigenvalue weighted by molar-refractivity contribution is 6.31. The number of hydrogen-bond acceptors (Lipinski definition) is 5. The number of nitrogens with zero attached hydrogens (tertiary/aromatic N) is 1. The predicted molar refractivity (Wildman–Crippen MR) is 97.5 cm³/mol. The van der Waals surface area contributed by atoms with Crippen molar-refractivity contribution in [1.29, 1.82) is 0 Å². The third-order valence-electron chi connectivity index (χ3n) is 3.90. The molecule has 1 atom stereocenters. The fraction of sp³-hybridized carbons (Fsp3) is 0.222. The van der Waals surface area contributed by atoms with Crippen LogP contribution in [0.3, 0.4) is 0 Å². The van der Waals surface area contributed by atoms with Crippen LogP contribution in [0.4, 0.5) is 11.4 Å². The van der Waals surface area contributed by atoms with Gasteiger partial charge in [-0.2, -0.15) is 0 Å². The zero-order chi connectivity index (χ0) is 19.4. The molecule has 26 heavy (non-hydrogen) atoms. The first kappa shape index (κ1) is 19.4. The van der Waals surface area contributed by atoms with Crippen LogP contribution in [0.5, 0.6) is 0 Å². The molecule has 0 radical (unpaired) electrons. The number of carbonyl (C=O) groups excluding carboxylic acids is 2. The van der Waals surface area contributed by atoms with E-state index in [1.54, 1.807) is 25.1 Å². The van der Waals surface area contributed by atoms with Gasteiger partial charge in [0, 0.05) is 22.3 Å². The van der Waals surface area contributed by atoms with Crippen molar-refractivity contribution >= 4 is 34.9 Å². The van der Waals surface area contributed by atoms with Crippen molar-refractivity contribution in [2.75, 3.05) is 5.32 Å². The number of nitro benzene ring substituents is 1. The number of benzene rings is 2. The van der Waals surface area contributed by atoms with Crippen molar-refractivity contribution in [3.05, 3.63) is 68.2 Å². The van der Waals surface area contributed by atoms with Crippen LogP contribution in [0.2, 0.25) is 5.02 Å². The summed E-state index contributed by atoms with van der Waals surface area (Å²) >= 11 is 6.01. The van der Waals surface area contributed by atoms with E-state index in [0.717, 1.165) is 0 Å². The highest BCUT2D eigenvalue weighted by atomic mass is 35.5. The average Bonchev–Trinajstić information content (AvgIpc) is 2.58. The van der Waals surface area contributed by atoms with Crippen LogP contribution in [-0.4, -0.2) is 22.9 Å². The summed E-state index contributed by atoms with van der Waals surface area (Å²) in [7, 11) is 0. The molecular formula is C18H17ClN2O5. The lowest BCUT2D eigenvalue weighted by Gasteiger charge is -2.15. The Hall–Kier alpha value is -2.93. The number of esters is 1. The molecule has 0 spiro atoms. The zero-order valence-corrected chi connectivity index (χ0v) is 15.2. The minimum absolute atomic E-state index is 0.0396. The van der Waals surface area contributed by atoms with Gasteiger partial charge in [0.1, 0.15) is 0 Å². The third kappa shape index (κ3) is 4.18. The minimum Gasteiger partial charge on any atom is -0.449 e. The summed E-state index contributed by atoms with van der Waals surface area (Å²) in [5.41, 5.74) is 1.23. The Morgan fingerprint density at radius 1 is 1.15 bits per heavy atom. The second kappa shape index (κ2) is 7.97. The fourth-order valence-corrected chi connectivity index (χ4v) is 2.47. The molecule has 2 aromatic rings. The van der Waals surface area contributed by atoms with E-state index >= 15 is 0 Å². The van der Waals surface area contributed by atoms with Crippen molar-refractivity contribution in [3.63, 3.8) is 0 Å². The van der Waals surface area contributed by atoms with E-state index in [2.05, 4.69) is 5.32 Å². The second-order valence-corrected chi connectivity index (χ2v) is 6.06. The first-order valence-corrected chi connectivity index (χ1v) is 8.11. The molecule has 0 bridgehead atoms. The van der Waals surface area contributed by atoms with Gasteiger partial charge in [-0.1, -0.05) is 23.7 Å². The van der Waals surface area contributed by atoms with Gasteiger partial charge in [-0.05, 0) is 44.5 Å². The van der Waals surface area contributed by atoms with Crippen molar-refractivity contribution < 1.29 is 19.2 Å². The van der Waals surface area contributed by atoms with Crippen LogP contribution in [-0.2, 0) is 9.53 Å². The first-order valence-electron chi connectivity index (χ1n) is 7.73. The molecule has 1 unspecified atom stereocenters. The molecule has 1 N–H and O–H groups in total. The maximum absolute atomic E-state index is 12.3. The number of hydrogen-bond donors (Lipinski definition) is 1. The highest BCUT2D eigenvalue weighted by Gasteiger charge is 2.23. The Morgan fingerprint density at radius 2 is 1.81 bits per heavy atom. The molecule has 2 aromatic carbocycles. The van der Waals surface area contributed by atoms with E-state index in [-0.39, 0.29) is 16.8 Å². The lowest BCUT2D eigenvalue weighted by molar-refractivity contribution is -0.385. The van der Waals surface area contributed by atoms with Crippen molar-refractivity contribution in [3.8, 4) is 0 Å². The summed E-state index contributed by atoms with van der Waals surface area (Å²) in [4.78, 5) is 34.9. The van der Waals surface area contributed by atoms with Gasteiger partial charge in [-0.25, -0.2) is 4.79 Å². The lowest BCUT2D eigenvalue weighted by Crippen LogP contribution is -2.30. The van der Waals surface area contributed by atoms with E-state index < -0.39 is 22.9 Å². The number of amides is 1. The average molecular weight is 377 g/mol. The number of ether oxygens (including phenoxy) is 1. The third-order valence-corrected chi connectivity index (χ3v) is 4.31. The molecule has 0 aliphatic rings. The van der Waals surface area contributed by atoms with Crippen LogP contribution in [0.15, 0.2) is 36.4 Å². The Morgan fingerprint density at radius 3 is 2.46 bits per heavy atom. The van der Waals surface area contributed by atoms with E-state index in [4.69, 9.17) is 16.3 Å². The number of anilines is 1. The Balaban J connectivity index is 2.12. The van der Waals surface area contributed by atoms with Gasteiger partial charge < -0.3 is 10.1 Å². The minimum atomic E-state index is -1.10. The van der Waals surface area contributed by atoms with Crippen molar-refractivity contribution in [2.24, 2.45) is 0 Å². The molecule has 7 nitrogen and oxygen atoms in total. The Bertz CT molecular complexity index is 882. The summed E-state index contributed by atoms with van der Waals surface area (Å²) in [6.07, 6.45) is -1.10. The van der Waals surface area contributed by atoms with Gasteiger partial charge in [0.05, 0.1) is 10.5 Å². The van der Waals surface area contributed by atoms with Gasteiger partial charge in [0.2, 0.25) is 0 Å². The standard InChI is InChI=1S/C18H17ClN2O5/c1-10-13(6-4-9-16(10)21(24)25)18(23)26-12(3)17(22)20-15-8-5-7-14(19)11(15)2/h4-9,12H,1-3H3,(H,20,22). The topological polar surface area (TPSA) is 98.5 Å². The number of nitro groups is 1. The largest absolute Gasteiger partial charge is 0.449 e. The van der Waals surface area contributed by atoms with Crippen LogP contribution in [0.1, 0.15) is 28.4 Å². The van der Waals surface area contributed by atoms with Crippen LogP contribution >= 0.6 is 11.6 Å². The summed E-state index contributed by atoms with van der Waals surface area (Å²) in [6.45, 7) is 4.62. The molecule has 0 aromatic heterocycles. The molecule has 2 rings (SSSR count). The van der Waals surface area contributed by atoms with Gasteiger partial charge in [-0.15, -0.1) is 0 Å². The van der Waals surface area contributed by atoms with Gasteiger partial charge >= 0.3 is 5.97 Å². The molecule has 136 valence electrons. The second-order valence-electron chi connectivity index (χ2n) is 5.66. The molecule has 1 amide bonds. The first-order chi connectivity index (χ1) is 12.2. The van der Waals surface area contributed by atoms with E-state index in [1.807, 2.05) is 0 Å². The van der Waals surface area contributed by atoms with Crippen molar-refractivity contribution in [1.82, 2.24) is 0 Å². The quantitative estimate of drug-likeness (QED) is 0.482. The molecular weight excluding hydrogens is 360 g/mol. The van der Waals surface area contributed by atoms with Gasteiger partial charge in [0.15, 0.2) is 6.10 Å². The summed E-state index contributed by atoms with van der Waals surface area (Å²) in [5, 5.41) is 14.1. The number of halogens is 1. The number of carbonyl (C=O) groups is 2. The summed E-state index contributed by atoms with van der Waals surface area (Å²) < 4.78 is 5.15. The van der Waals surface area contributed by atoms with Gasteiger partial charge in [0.25, 0.3) is 11.6 Å². The molecule has 0 aliphatic heterocycles. The molecule has 0 heterocycles. The highest BCUT2D eigenvalue weighted by Crippen LogP contribution is 2.24. The molecule has 0 fully saturated rings. The lowest BCUT2D eigenvalue weighted by atomic mass is 10.1. The van der Waals surface area contributed by atoms with Crippen LogP contribution in [0, 0.1) is 24.0 Å². The SMILES string of the molecule is Cc1c(Cl)cccc1NC(=O)C(C)OC(=O)c1cccc([N+](=O)[O-])c1C. The maximum atomic E-state index is 12.3. The van der Waals surface area contributed by atoms with Gasteiger partial charge in [-0.3, -0.25) is 14.9 Å². The Labute approximate surface area is 155 Å². The van der Waals surface area contributed by atoms with E-state index in [1.165, 1.54) is 32.0 Å². The maximum Gasteiger partial charge on any atom is 0.339 e. The van der Waals surface area contributed by atoms with Crippen LogP contribution < -0.4 is 5.32 Å². The van der Waals surface area contributed by atoms with Crippen LogP contribution in [0.25, 0.3) is 0 Å². The normalized spacial score (nSPS) is 11.5. The predicted octanol–water partition coefficient (Wildman–Crippen LogP) is 4.05. The fourth-order valence-electron chi connectivity index (χ4n) is 2.30. The van der Waals surface area contributed by atoms with E-state index in [9.17, 15) is 19.7 Å². The monoisotopic (exact) mass is 376 g/mol. The smallest absolute Gasteiger partial charge is 0.339 e. The number of nitrogens with one attached hydrogen (secondary N) is 1. The zero-order valence-electron chi connectivity index (χ0n) is 14.4. The van der Waals surface area contributed by atoms with Crippen molar-refractivity contribution in [2.45, 2.75) is 26.9 Å². The molecule has 8 heteroatoms. The summed E-state index contributed by atoms with van der Waals surface area (Å²) in [5.74, 6) is -1.34. The van der Waals surface area contributed by atoms with E-state index in [0.29, 0.717) is 16.3 Å². The number of rotatable bonds is 5. The molecule has 0 saturated carbocycles. The molecule has 0 saturated heterocycles. The summed E-state index contributed by atoms with van der Waals surface area (Å²) in [6, 6.07) is 9.16.